The van der Waals surface area contributed by atoms with E-state index < -0.39 is 0 Å². The van der Waals surface area contributed by atoms with E-state index in [4.69, 9.17) is 21.1 Å². The number of likely N-dealkylation sites (tertiary alicyclic amines) is 1. The Kier molecular flexibility index (Phi) is 5.14. The molecule has 0 radical (unpaired) electrons. The van der Waals surface area contributed by atoms with Gasteiger partial charge in [-0.05, 0) is 73.7 Å². The van der Waals surface area contributed by atoms with Gasteiger partial charge in [0.25, 0.3) is 0 Å². The molecule has 25 heavy (non-hydrogen) atoms. The summed E-state index contributed by atoms with van der Waals surface area (Å²) in [6.07, 6.45) is 3.50. The van der Waals surface area contributed by atoms with E-state index >= 15 is 0 Å². The molecule has 0 bridgehead atoms. The molecular formula is C21H24ClNO2. The maximum Gasteiger partial charge on any atom is 0.161 e. The molecule has 0 amide bonds. The van der Waals surface area contributed by atoms with Crippen LogP contribution in [0.3, 0.4) is 0 Å². The lowest BCUT2D eigenvalue weighted by atomic mass is 9.99. The fourth-order valence-corrected chi connectivity index (χ4v) is 3.92. The van der Waals surface area contributed by atoms with Gasteiger partial charge in [0.2, 0.25) is 0 Å². The Morgan fingerprint density at radius 1 is 1.00 bits per heavy atom. The highest BCUT2D eigenvalue weighted by Crippen LogP contribution is 2.31. The molecule has 0 aliphatic carbocycles. The van der Waals surface area contributed by atoms with Crippen LogP contribution in [0.2, 0.25) is 5.02 Å². The van der Waals surface area contributed by atoms with Crippen molar-refractivity contribution >= 4 is 11.6 Å². The number of aryl methyl sites for hydroxylation is 1. The van der Waals surface area contributed by atoms with Gasteiger partial charge >= 0.3 is 0 Å². The summed E-state index contributed by atoms with van der Waals surface area (Å²) in [6.45, 7) is 4.79. The number of ether oxygens (including phenoxy) is 2. The Labute approximate surface area is 154 Å². The molecule has 1 atom stereocenters. The highest BCUT2D eigenvalue weighted by Gasteiger charge is 2.23. The third kappa shape index (κ3) is 4.10. The summed E-state index contributed by atoms with van der Waals surface area (Å²) in [5.74, 6) is 2.42. The quantitative estimate of drug-likeness (QED) is 0.784. The van der Waals surface area contributed by atoms with E-state index in [0.29, 0.717) is 19.1 Å². The fraction of sp³-hybridized carbons (Fsp3) is 0.429. The van der Waals surface area contributed by atoms with Crippen molar-refractivity contribution in [3.05, 3.63) is 58.6 Å². The van der Waals surface area contributed by atoms with E-state index in [9.17, 15) is 0 Å². The summed E-state index contributed by atoms with van der Waals surface area (Å²) in [7, 11) is 0. The van der Waals surface area contributed by atoms with Gasteiger partial charge in [0, 0.05) is 11.6 Å². The predicted octanol–water partition coefficient (Wildman–Crippen LogP) is 4.53. The van der Waals surface area contributed by atoms with Crippen LogP contribution in [0, 0.1) is 0 Å². The van der Waals surface area contributed by atoms with Crippen LogP contribution >= 0.6 is 11.6 Å². The molecule has 1 unspecified atom stereocenters. The topological polar surface area (TPSA) is 21.7 Å². The summed E-state index contributed by atoms with van der Waals surface area (Å²) in [5.41, 5.74) is 2.75. The molecule has 2 aromatic rings. The minimum atomic E-state index is 0.645. The van der Waals surface area contributed by atoms with Crippen LogP contribution in [0.5, 0.6) is 11.5 Å². The Morgan fingerprint density at radius 2 is 1.80 bits per heavy atom. The number of benzene rings is 2. The van der Waals surface area contributed by atoms with Gasteiger partial charge in [0.15, 0.2) is 11.5 Å². The Balaban J connectivity index is 1.26. The van der Waals surface area contributed by atoms with Gasteiger partial charge in [-0.2, -0.15) is 0 Å². The van der Waals surface area contributed by atoms with E-state index in [1.165, 1.54) is 30.5 Å². The van der Waals surface area contributed by atoms with E-state index in [1.807, 2.05) is 18.2 Å². The number of hydrogen-bond acceptors (Lipinski definition) is 3. The Hall–Kier alpha value is -1.71. The van der Waals surface area contributed by atoms with Gasteiger partial charge in [-0.25, -0.2) is 0 Å². The predicted molar refractivity (Wildman–Crippen MR) is 101 cm³/mol. The summed E-state index contributed by atoms with van der Waals surface area (Å²) < 4.78 is 11.3. The molecule has 0 aromatic heterocycles. The van der Waals surface area contributed by atoms with Crippen molar-refractivity contribution in [1.29, 1.82) is 0 Å². The Morgan fingerprint density at radius 3 is 2.64 bits per heavy atom. The third-order valence-electron chi connectivity index (χ3n) is 5.16. The van der Waals surface area contributed by atoms with Gasteiger partial charge in [0.05, 0.1) is 0 Å². The Bertz CT molecular complexity index is 716. The van der Waals surface area contributed by atoms with E-state index in [2.05, 4.69) is 29.2 Å². The molecule has 4 rings (SSSR count). The average Bonchev–Trinajstić information content (AvgIpc) is 3.11. The largest absolute Gasteiger partial charge is 0.486 e. The van der Waals surface area contributed by atoms with E-state index in [1.54, 1.807) is 0 Å². The summed E-state index contributed by atoms with van der Waals surface area (Å²) in [4.78, 5) is 2.58. The highest BCUT2D eigenvalue weighted by molar-refractivity contribution is 6.30. The molecule has 2 aliphatic heterocycles. The summed E-state index contributed by atoms with van der Waals surface area (Å²) in [5, 5.41) is 0.818. The van der Waals surface area contributed by atoms with Crippen LogP contribution in [0.4, 0.5) is 0 Å². The molecular weight excluding hydrogens is 334 g/mol. The molecule has 4 heteroatoms. The standard InChI is InChI=1S/C21H24ClNO2/c22-19-6-4-17(5-7-19)18-9-11-23(15-18)10-1-2-16-3-8-20-21(14-16)25-13-12-24-20/h3-8,14,18H,1-2,9-13,15H2. The lowest BCUT2D eigenvalue weighted by molar-refractivity contribution is 0.171. The molecule has 2 aromatic carbocycles. The zero-order chi connectivity index (χ0) is 17.1. The number of nitrogens with zero attached hydrogens (tertiary/aromatic N) is 1. The normalized spacial score (nSPS) is 20.0. The smallest absolute Gasteiger partial charge is 0.161 e. The molecule has 2 aliphatic rings. The molecule has 1 fully saturated rings. The number of hydrogen-bond donors (Lipinski definition) is 0. The number of halogens is 1. The first kappa shape index (κ1) is 16.7. The van der Waals surface area contributed by atoms with Gasteiger partial charge in [-0.3, -0.25) is 0 Å². The lowest BCUT2D eigenvalue weighted by Crippen LogP contribution is -2.22. The molecule has 2 heterocycles. The van der Waals surface area contributed by atoms with Crippen LogP contribution in [0.1, 0.15) is 29.9 Å². The maximum atomic E-state index is 5.99. The number of rotatable bonds is 5. The minimum absolute atomic E-state index is 0.645. The molecule has 3 nitrogen and oxygen atoms in total. The molecule has 1 saturated heterocycles. The van der Waals surface area contributed by atoms with E-state index in [-0.39, 0.29) is 0 Å². The van der Waals surface area contributed by atoms with Gasteiger partial charge in [-0.15, -0.1) is 0 Å². The van der Waals surface area contributed by atoms with Crippen molar-refractivity contribution in [3.8, 4) is 11.5 Å². The maximum absolute atomic E-state index is 5.99. The first-order valence-corrected chi connectivity index (χ1v) is 9.52. The van der Waals surface area contributed by atoms with Crippen molar-refractivity contribution in [2.45, 2.75) is 25.2 Å². The third-order valence-corrected chi connectivity index (χ3v) is 5.41. The van der Waals surface area contributed by atoms with Crippen molar-refractivity contribution in [2.24, 2.45) is 0 Å². The van der Waals surface area contributed by atoms with Crippen molar-refractivity contribution in [2.75, 3.05) is 32.8 Å². The highest BCUT2D eigenvalue weighted by atomic mass is 35.5. The summed E-state index contributed by atoms with van der Waals surface area (Å²) >= 11 is 5.99. The van der Waals surface area contributed by atoms with E-state index in [0.717, 1.165) is 36.0 Å². The van der Waals surface area contributed by atoms with Gasteiger partial charge < -0.3 is 14.4 Å². The molecule has 0 N–H and O–H groups in total. The second-order valence-corrected chi connectivity index (χ2v) is 7.36. The second-order valence-electron chi connectivity index (χ2n) is 6.92. The average molecular weight is 358 g/mol. The van der Waals surface area contributed by atoms with Crippen molar-refractivity contribution < 1.29 is 9.47 Å². The molecule has 132 valence electrons. The van der Waals surface area contributed by atoms with Crippen LogP contribution in [0.15, 0.2) is 42.5 Å². The van der Waals surface area contributed by atoms with Crippen molar-refractivity contribution in [3.63, 3.8) is 0 Å². The zero-order valence-electron chi connectivity index (χ0n) is 14.4. The minimum Gasteiger partial charge on any atom is -0.486 e. The molecule has 0 spiro atoms. The van der Waals surface area contributed by atoms with Crippen LogP contribution in [0.25, 0.3) is 0 Å². The first-order chi connectivity index (χ1) is 12.3. The molecule has 0 saturated carbocycles. The first-order valence-electron chi connectivity index (χ1n) is 9.14. The van der Waals surface area contributed by atoms with Crippen LogP contribution in [-0.2, 0) is 6.42 Å². The van der Waals surface area contributed by atoms with Crippen LogP contribution in [-0.4, -0.2) is 37.7 Å². The lowest BCUT2D eigenvalue weighted by Gasteiger charge is -2.19. The van der Waals surface area contributed by atoms with Gasteiger partial charge in [0.1, 0.15) is 13.2 Å². The number of fused-ring (bicyclic) bond motifs is 1. The zero-order valence-corrected chi connectivity index (χ0v) is 15.2. The fourth-order valence-electron chi connectivity index (χ4n) is 3.79. The van der Waals surface area contributed by atoms with Crippen molar-refractivity contribution in [1.82, 2.24) is 4.90 Å². The van der Waals surface area contributed by atoms with Crippen LogP contribution < -0.4 is 9.47 Å². The van der Waals surface area contributed by atoms with Gasteiger partial charge in [-0.1, -0.05) is 29.8 Å². The summed E-state index contributed by atoms with van der Waals surface area (Å²) in [6, 6.07) is 14.7. The monoisotopic (exact) mass is 357 g/mol. The SMILES string of the molecule is Clc1ccc(C2CCN(CCCc3ccc4c(c3)OCCO4)C2)cc1. The second kappa shape index (κ2) is 7.67.